The average Bonchev–Trinajstić information content (AvgIpc) is 3.21. The van der Waals surface area contributed by atoms with Crippen molar-refractivity contribution in [2.24, 2.45) is 0 Å². The molecule has 0 atom stereocenters. The standard InChI is InChI=1S/C18H19N3O4/c1-12-7-10-24-17(12)18(23)20-9-4-8-19-16(22)11-14-13-5-2-3-6-15(13)25-21-14/h2-3,5-7,10H,4,8-9,11H2,1H3,(H,19,22)(H,20,23). The maximum Gasteiger partial charge on any atom is 0.287 e. The predicted molar refractivity (Wildman–Crippen MR) is 91.1 cm³/mol. The molecule has 1 aromatic carbocycles. The summed E-state index contributed by atoms with van der Waals surface area (Å²) in [5.41, 5.74) is 2.08. The van der Waals surface area contributed by atoms with Gasteiger partial charge in [-0.1, -0.05) is 17.3 Å². The second kappa shape index (κ2) is 7.65. The van der Waals surface area contributed by atoms with Crippen molar-refractivity contribution in [1.29, 1.82) is 0 Å². The molecule has 3 rings (SSSR count). The van der Waals surface area contributed by atoms with E-state index in [0.29, 0.717) is 36.5 Å². The van der Waals surface area contributed by atoms with E-state index in [-0.39, 0.29) is 18.2 Å². The van der Waals surface area contributed by atoms with Crippen LogP contribution in [0.1, 0.15) is 28.2 Å². The zero-order valence-corrected chi connectivity index (χ0v) is 13.9. The molecule has 0 aliphatic heterocycles. The van der Waals surface area contributed by atoms with E-state index >= 15 is 0 Å². The maximum atomic E-state index is 12.0. The third-order valence-electron chi connectivity index (χ3n) is 3.81. The molecule has 2 amide bonds. The van der Waals surface area contributed by atoms with Gasteiger partial charge in [0.25, 0.3) is 5.91 Å². The van der Waals surface area contributed by atoms with Crippen molar-refractivity contribution in [2.75, 3.05) is 13.1 Å². The fourth-order valence-electron chi connectivity index (χ4n) is 2.48. The number of fused-ring (bicyclic) bond motifs is 1. The zero-order valence-electron chi connectivity index (χ0n) is 13.9. The number of aryl methyl sites for hydroxylation is 1. The zero-order chi connectivity index (χ0) is 17.6. The number of aromatic nitrogens is 1. The molecule has 2 aromatic heterocycles. The molecule has 2 heterocycles. The highest BCUT2D eigenvalue weighted by Gasteiger charge is 2.13. The summed E-state index contributed by atoms with van der Waals surface area (Å²) in [5.74, 6) is -0.0582. The van der Waals surface area contributed by atoms with Gasteiger partial charge in [0, 0.05) is 24.0 Å². The van der Waals surface area contributed by atoms with E-state index < -0.39 is 0 Å². The molecule has 0 saturated heterocycles. The predicted octanol–water partition coefficient (Wildman–Crippen LogP) is 2.21. The number of nitrogens with one attached hydrogen (secondary N) is 2. The lowest BCUT2D eigenvalue weighted by molar-refractivity contribution is -0.120. The minimum absolute atomic E-state index is 0.132. The Morgan fingerprint density at radius 1 is 1.12 bits per heavy atom. The topological polar surface area (TPSA) is 97.4 Å². The highest BCUT2D eigenvalue weighted by atomic mass is 16.5. The molecule has 130 valence electrons. The Labute approximate surface area is 144 Å². The van der Waals surface area contributed by atoms with Gasteiger partial charge in [0.2, 0.25) is 5.91 Å². The molecule has 0 radical (unpaired) electrons. The highest BCUT2D eigenvalue weighted by molar-refractivity contribution is 5.92. The first-order chi connectivity index (χ1) is 12.1. The fourth-order valence-corrected chi connectivity index (χ4v) is 2.48. The van der Waals surface area contributed by atoms with E-state index in [1.54, 1.807) is 6.07 Å². The Kier molecular flexibility index (Phi) is 5.13. The van der Waals surface area contributed by atoms with E-state index in [0.717, 1.165) is 10.9 Å². The Bertz CT molecular complexity index is 881. The second-order valence-electron chi connectivity index (χ2n) is 5.69. The Hall–Kier alpha value is -3.09. The summed E-state index contributed by atoms with van der Waals surface area (Å²) in [6.45, 7) is 2.73. The number of benzene rings is 1. The van der Waals surface area contributed by atoms with Gasteiger partial charge in [0.1, 0.15) is 5.69 Å². The van der Waals surface area contributed by atoms with E-state index in [1.807, 2.05) is 31.2 Å². The van der Waals surface area contributed by atoms with Gasteiger partial charge >= 0.3 is 0 Å². The van der Waals surface area contributed by atoms with Crippen molar-refractivity contribution in [3.05, 3.63) is 53.6 Å². The molecule has 0 aliphatic rings. The molecule has 0 spiro atoms. The largest absolute Gasteiger partial charge is 0.459 e. The molecule has 7 nitrogen and oxygen atoms in total. The first-order valence-corrected chi connectivity index (χ1v) is 8.07. The third-order valence-corrected chi connectivity index (χ3v) is 3.81. The summed E-state index contributed by atoms with van der Waals surface area (Å²) in [4.78, 5) is 23.8. The molecular formula is C18H19N3O4. The van der Waals surface area contributed by atoms with E-state index in [4.69, 9.17) is 8.94 Å². The number of carbonyl (C=O) groups is 2. The van der Waals surface area contributed by atoms with Crippen LogP contribution in [0, 0.1) is 6.92 Å². The third kappa shape index (κ3) is 4.06. The fraction of sp³-hybridized carbons (Fsp3) is 0.278. The molecule has 2 N–H and O–H groups in total. The number of hydrogen-bond donors (Lipinski definition) is 2. The number of nitrogens with zero attached hydrogens (tertiary/aromatic N) is 1. The van der Waals surface area contributed by atoms with Crippen molar-refractivity contribution in [3.63, 3.8) is 0 Å². The van der Waals surface area contributed by atoms with Crippen molar-refractivity contribution in [1.82, 2.24) is 15.8 Å². The number of para-hydroxylation sites is 1. The molecule has 25 heavy (non-hydrogen) atoms. The molecule has 0 unspecified atom stereocenters. The van der Waals surface area contributed by atoms with Crippen LogP contribution in [0.4, 0.5) is 0 Å². The van der Waals surface area contributed by atoms with Gasteiger partial charge < -0.3 is 19.6 Å². The van der Waals surface area contributed by atoms with E-state index in [1.165, 1.54) is 6.26 Å². The Morgan fingerprint density at radius 2 is 1.92 bits per heavy atom. The van der Waals surface area contributed by atoms with Crippen LogP contribution in [0.5, 0.6) is 0 Å². The number of amides is 2. The van der Waals surface area contributed by atoms with Crippen LogP contribution in [-0.2, 0) is 11.2 Å². The van der Waals surface area contributed by atoms with Gasteiger partial charge in [-0.05, 0) is 31.5 Å². The minimum atomic E-state index is -0.247. The second-order valence-corrected chi connectivity index (χ2v) is 5.69. The van der Waals surface area contributed by atoms with E-state index in [2.05, 4.69) is 15.8 Å². The molecule has 0 saturated carbocycles. The molecule has 0 bridgehead atoms. The van der Waals surface area contributed by atoms with Crippen LogP contribution in [-0.4, -0.2) is 30.1 Å². The van der Waals surface area contributed by atoms with Crippen molar-refractivity contribution < 1.29 is 18.5 Å². The van der Waals surface area contributed by atoms with Gasteiger partial charge in [-0.15, -0.1) is 0 Å². The molecule has 3 aromatic rings. The number of furan rings is 1. The van der Waals surface area contributed by atoms with Crippen molar-refractivity contribution in [3.8, 4) is 0 Å². The minimum Gasteiger partial charge on any atom is -0.459 e. The summed E-state index contributed by atoms with van der Waals surface area (Å²) in [6.07, 6.45) is 2.27. The number of carbonyl (C=O) groups excluding carboxylic acids is 2. The summed E-state index contributed by atoms with van der Waals surface area (Å²) in [6, 6.07) is 9.16. The maximum absolute atomic E-state index is 12.0. The summed E-state index contributed by atoms with van der Waals surface area (Å²) in [5, 5.41) is 10.4. The van der Waals surface area contributed by atoms with Gasteiger partial charge in [-0.2, -0.15) is 0 Å². The summed E-state index contributed by atoms with van der Waals surface area (Å²) in [7, 11) is 0. The first-order valence-electron chi connectivity index (χ1n) is 8.07. The normalized spacial score (nSPS) is 10.8. The monoisotopic (exact) mass is 341 g/mol. The lowest BCUT2D eigenvalue weighted by atomic mass is 10.1. The van der Waals surface area contributed by atoms with Gasteiger partial charge in [0.05, 0.1) is 12.7 Å². The van der Waals surface area contributed by atoms with Crippen LogP contribution in [0.2, 0.25) is 0 Å². The van der Waals surface area contributed by atoms with Gasteiger partial charge in [-0.3, -0.25) is 9.59 Å². The van der Waals surface area contributed by atoms with Crippen LogP contribution in [0.3, 0.4) is 0 Å². The van der Waals surface area contributed by atoms with Crippen LogP contribution < -0.4 is 10.6 Å². The first kappa shape index (κ1) is 16.8. The van der Waals surface area contributed by atoms with E-state index in [9.17, 15) is 9.59 Å². The smallest absolute Gasteiger partial charge is 0.287 e. The van der Waals surface area contributed by atoms with Crippen LogP contribution in [0.15, 0.2) is 45.5 Å². The number of rotatable bonds is 7. The van der Waals surface area contributed by atoms with Gasteiger partial charge in [-0.25, -0.2) is 0 Å². The van der Waals surface area contributed by atoms with Crippen LogP contribution in [0.25, 0.3) is 11.0 Å². The molecule has 0 aliphatic carbocycles. The van der Waals surface area contributed by atoms with Crippen molar-refractivity contribution in [2.45, 2.75) is 19.8 Å². The summed E-state index contributed by atoms with van der Waals surface area (Å²) < 4.78 is 10.3. The number of hydrogen-bond acceptors (Lipinski definition) is 5. The molecule has 0 fully saturated rings. The Morgan fingerprint density at radius 3 is 2.72 bits per heavy atom. The molecular weight excluding hydrogens is 322 g/mol. The van der Waals surface area contributed by atoms with Crippen LogP contribution >= 0.6 is 0 Å². The average molecular weight is 341 g/mol. The lowest BCUT2D eigenvalue weighted by Crippen LogP contribution is -2.30. The lowest BCUT2D eigenvalue weighted by Gasteiger charge is -2.06. The highest BCUT2D eigenvalue weighted by Crippen LogP contribution is 2.17. The Balaban J connectivity index is 1.38. The van der Waals surface area contributed by atoms with Gasteiger partial charge in [0.15, 0.2) is 11.3 Å². The quantitative estimate of drug-likeness (QED) is 0.642. The molecule has 7 heteroatoms. The SMILES string of the molecule is Cc1ccoc1C(=O)NCCCNC(=O)Cc1noc2ccccc12. The summed E-state index contributed by atoms with van der Waals surface area (Å²) >= 11 is 0. The van der Waals surface area contributed by atoms with Crippen molar-refractivity contribution >= 4 is 22.8 Å².